The van der Waals surface area contributed by atoms with E-state index in [0.29, 0.717) is 35.9 Å². The summed E-state index contributed by atoms with van der Waals surface area (Å²) >= 11 is 4.80. The fraction of sp³-hybridized carbons (Fsp3) is 0.429. The number of ether oxygens (including phenoxy) is 2. The third-order valence-electron chi connectivity index (χ3n) is 2.92. The first-order chi connectivity index (χ1) is 9.47. The number of nitrogens with zero attached hydrogens (tertiary/aromatic N) is 1. The van der Waals surface area contributed by atoms with Crippen molar-refractivity contribution in [1.29, 1.82) is 0 Å². The van der Waals surface area contributed by atoms with Crippen LogP contribution in [-0.4, -0.2) is 43.6 Å². The maximum atomic E-state index is 12.0. The van der Waals surface area contributed by atoms with E-state index in [1.54, 1.807) is 38.3 Å². The lowest BCUT2D eigenvalue weighted by Gasteiger charge is -2.17. The number of nitrogens with two attached hydrogens (primary N) is 1. The molecule has 1 amide bonds. The predicted molar refractivity (Wildman–Crippen MR) is 82.3 cm³/mol. The van der Waals surface area contributed by atoms with Crippen molar-refractivity contribution in [2.75, 3.05) is 27.8 Å². The second-order valence-corrected chi connectivity index (χ2v) is 4.92. The maximum absolute atomic E-state index is 12.0. The number of likely N-dealkylation sites (N-methyl/N-ethyl adjacent to an activating group) is 1. The summed E-state index contributed by atoms with van der Waals surface area (Å²) in [6.07, 6.45) is 0.831. The summed E-state index contributed by atoms with van der Waals surface area (Å²) in [5, 5.41) is 0. The quantitative estimate of drug-likeness (QED) is 0.770. The molecule has 0 unspecified atom stereocenters. The summed E-state index contributed by atoms with van der Waals surface area (Å²) in [7, 11) is 4.88. The topological polar surface area (TPSA) is 64.8 Å². The smallest absolute Gasteiger partial charge is 0.226 e. The van der Waals surface area contributed by atoms with Gasteiger partial charge in [0.15, 0.2) is 11.5 Å². The molecule has 6 heteroatoms. The lowest BCUT2D eigenvalue weighted by atomic mass is 10.1. The third-order valence-corrected chi connectivity index (χ3v) is 3.13. The molecule has 110 valence electrons. The Morgan fingerprint density at radius 2 is 1.95 bits per heavy atom. The number of hydrogen-bond acceptors (Lipinski definition) is 4. The molecule has 20 heavy (non-hydrogen) atoms. The number of hydrogen-bond donors (Lipinski definition) is 1. The molecular weight excluding hydrogens is 276 g/mol. The lowest BCUT2D eigenvalue weighted by Crippen LogP contribution is -2.31. The molecule has 0 radical (unpaired) electrons. The number of benzene rings is 1. The van der Waals surface area contributed by atoms with Gasteiger partial charge in [0.25, 0.3) is 0 Å². The minimum Gasteiger partial charge on any atom is -0.493 e. The Morgan fingerprint density at radius 3 is 2.50 bits per heavy atom. The molecule has 0 spiro atoms. The number of rotatable bonds is 7. The molecule has 0 bridgehead atoms. The third kappa shape index (κ3) is 4.70. The Morgan fingerprint density at radius 1 is 1.30 bits per heavy atom. The van der Waals surface area contributed by atoms with Gasteiger partial charge in [-0.25, -0.2) is 0 Å². The summed E-state index contributed by atoms with van der Waals surface area (Å²) in [5.74, 6) is 1.27. The van der Waals surface area contributed by atoms with E-state index in [2.05, 4.69) is 0 Å². The van der Waals surface area contributed by atoms with Gasteiger partial charge in [-0.15, -0.1) is 0 Å². The molecule has 1 aromatic rings. The lowest BCUT2D eigenvalue weighted by molar-refractivity contribution is -0.129. The average Bonchev–Trinajstić information content (AvgIpc) is 2.44. The van der Waals surface area contributed by atoms with Gasteiger partial charge in [0.1, 0.15) is 0 Å². The molecular formula is C14H20N2O3S. The van der Waals surface area contributed by atoms with Crippen LogP contribution in [0.15, 0.2) is 18.2 Å². The number of amides is 1. The maximum Gasteiger partial charge on any atom is 0.226 e. The van der Waals surface area contributed by atoms with Crippen molar-refractivity contribution >= 4 is 23.1 Å². The van der Waals surface area contributed by atoms with Crippen LogP contribution in [0, 0.1) is 0 Å². The second kappa shape index (κ2) is 7.69. The van der Waals surface area contributed by atoms with Crippen molar-refractivity contribution in [3.8, 4) is 11.5 Å². The monoisotopic (exact) mass is 296 g/mol. The SMILES string of the molecule is COc1ccc(CC(=O)N(C)CCC(N)=S)cc1OC. The van der Waals surface area contributed by atoms with E-state index < -0.39 is 0 Å². The Balaban J connectivity index is 2.68. The summed E-state index contributed by atoms with van der Waals surface area (Å²) in [6, 6.07) is 5.44. The molecule has 2 N–H and O–H groups in total. The number of thiocarbonyl (C=S) groups is 1. The molecule has 5 nitrogen and oxygen atoms in total. The molecule has 0 aliphatic carbocycles. The molecule has 0 aliphatic rings. The van der Waals surface area contributed by atoms with E-state index in [1.165, 1.54) is 0 Å². The zero-order chi connectivity index (χ0) is 15.1. The Hall–Kier alpha value is -1.82. The van der Waals surface area contributed by atoms with Crippen molar-refractivity contribution in [3.63, 3.8) is 0 Å². The van der Waals surface area contributed by atoms with Gasteiger partial charge in [-0.2, -0.15) is 0 Å². The largest absolute Gasteiger partial charge is 0.493 e. The van der Waals surface area contributed by atoms with E-state index in [-0.39, 0.29) is 5.91 Å². The number of carbonyl (C=O) groups is 1. The van der Waals surface area contributed by atoms with E-state index in [4.69, 9.17) is 27.4 Å². The van der Waals surface area contributed by atoms with Gasteiger partial charge in [-0.1, -0.05) is 18.3 Å². The molecule has 0 aliphatic heterocycles. The highest BCUT2D eigenvalue weighted by atomic mass is 32.1. The minimum atomic E-state index is 0.00784. The first-order valence-electron chi connectivity index (χ1n) is 6.21. The van der Waals surface area contributed by atoms with Crippen LogP contribution in [0.3, 0.4) is 0 Å². The Kier molecular flexibility index (Phi) is 6.24. The number of carbonyl (C=O) groups excluding carboxylic acids is 1. The van der Waals surface area contributed by atoms with Gasteiger partial charge in [-0.3, -0.25) is 4.79 Å². The molecule has 1 rings (SSSR count). The van der Waals surface area contributed by atoms with Crippen LogP contribution in [-0.2, 0) is 11.2 Å². The van der Waals surface area contributed by atoms with Crippen LogP contribution < -0.4 is 15.2 Å². The van der Waals surface area contributed by atoms with Gasteiger partial charge in [0.05, 0.1) is 25.6 Å². The highest BCUT2D eigenvalue weighted by molar-refractivity contribution is 7.80. The zero-order valence-electron chi connectivity index (χ0n) is 12.0. The first kappa shape index (κ1) is 16.2. The van der Waals surface area contributed by atoms with E-state index in [0.717, 1.165) is 5.56 Å². The van der Waals surface area contributed by atoms with E-state index >= 15 is 0 Å². The standard InChI is InChI=1S/C14H20N2O3S/c1-16(7-6-13(15)20)14(17)9-10-4-5-11(18-2)12(8-10)19-3/h4-5,8H,6-7,9H2,1-3H3,(H2,15,20). The molecule has 0 atom stereocenters. The van der Waals surface area contributed by atoms with Gasteiger partial charge in [-0.05, 0) is 17.7 Å². The van der Waals surface area contributed by atoms with E-state index in [9.17, 15) is 4.79 Å². The Labute approximate surface area is 124 Å². The minimum absolute atomic E-state index is 0.00784. The second-order valence-electron chi connectivity index (χ2n) is 4.40. The van der Waals surface area contributed by atoms with Gasteiger partial charge in [0, 0.05) is 20.0 Å². The van der Waals surface area contributed by atoms with Gasteiger partial charge in [0.2, 0.25) is 5.91 Å². The summed E-state index contributed by atoms with van der Waals surface area (Å²) in [6.45, 7) is 0.529. The first-order valence-corrected chi connectivity index (χ1v) is 6.62. The normalized spacial score (nSPS) is 9.95. The van der Waals surface area contributed by atoms with Crippen molar-refractivity contribution in [3.05, 3.63) is 23.8 Å². The predicted octanol–water partition coefficient (Wildman–Crippen LogP) is 1.38. The van der Waals surface area contributed by atoms with Crippen LogP contribution in [0.1, 0.15) is 12.0 Å². The fourth-order valence-corrected chi connectivity index (χ4v) is 1.79. The van der Waals surface area contributed by atoms with Crippen LogP contribution in [0.25, 0.3) is 0 Å². The van der Waals surface area contributed by atoms with Crippen LogP contribution in [0.2, 0.25) is 0 Å². The average molecular weight is 296 g/mol. The fourth-order valence-electron chi connectivity index (χ4n) is 1.70. The molecule has 0 saturated carbocycles. The summed E-state index contributed by atoms with van der Waals surface area (Å²) in [4.78, 5) is 14.1. The highest BCUT2D eigenvalue weighted by Crippen LogP contribution is 2.27. The van der Waals surface area contributed by atoms with Crippen LogP contribution in [0.4, 0.5) is 0 Å². The number of methoxy groups -OCH3 is 2. The zero-order valence-corrected chi connectivity index (χ0v) is 12.8. The van der Waals surface area contributed by atoms with Crippen molar-refractivity contribution in [2.45, 2.75) is 12.8 Å². The molecule has 1 aromatic carbocycles. The van der Waals surface area contributed by atoms with E-state index in [1.807, 2.05) is 6.07 Å². The summed E-state index contributed by atoms with van der Waals surface area (Å²) in [5.41, 5.74) is 6.30. The van der Waals surface area contributed by atoms with Crippen molar-refractivity contribution in [1.82, 2.24) is 4.90 Å². The van der Waals surface area contributed by atoms with Gasteiger partial charge >= 0.3 is 0 Å². The van der Waals surface area contributed by atoms with Crippen LogP contribution in [0.5, 0.6) is 11.5 Å². The highest BCUT2D eigenvalue weighted by Gasteiger charge is 2.12. The van der Waals surface area contributed by atoms with Crippen molar-refractivity contribution in [2.24, 2.45) is 5.73 Å². The molecule has 0 saturated heterocycles. The molecule has 0 heterocycles. The molecule has 0 aromatic heterocycles. The van der Waals surface area contributed by atoms with Crippen LogP contribution >= 0.6 is 12.2 Å². The van der Waals surface area contributed by atoms with Gasteiger partial charge < -0.3 is 20.1 Å². The van der Waals surface area contributed by atoms with Crippen molar-refractivity contribution < 1.29 is 14.3 Å². The molecule has 0 fully saturated rings. The Bertz CT molecular complexity index is 491. The summed E-state index contributed by atoms with van der Waals surface area (Å²) < 4.78 is 10.4.